The summed E-state index contributed by atoms with van der Waals surface area (Å²) in [6.07, 6.45) is 0. The number of primary amides is 2. The zero-order chi connectivity index (χ0) is 10.6. The predicted octanol–water partition coefficient (Wildman–Crippen LogP) is 0.290. The van der Waals surface area contributed by atoms with Gasteiger partial charge in [-0.1, -0.05) is 12.1 Å². The highest BCUT2D eigenvalue weighted by atomic mass is 16.2. The third-order valence-corrected chi connectivity index (χ3v) is 1.55. The Labute approximate surface area is 80.3 Å². The number of hydrogen-bond acceptors (Lipinski definition) is 3. The fraction of sp³-hybridized carbons (Fsp3) is 0.125. The van der Waals surface area contributed by atoms with Crippen LogP contribution in [0.1, 0.15) is 5.56 Å². The number of benzene rings is 1. The molecule has 0 bridgehead atoms. The van der Waals surface area contributed by atoms with Gasteiger partial charge in [0, 0.05) is 0 Å². The first-order valence-corrected chi connectivity index (χ1v) is 3.92. The van der Waals surface area contributed by atoms with E-state index in [-0.39, 0.29) is 0 Å². The van der Waals surface area contributed by atoms with Crippen LogP contribution in [0, 0.1) is 6.92 Å². The van der Waals surface area contributed by atoms with E-state index in [1.165, 1.54) is 0 Å². The number of rotatable bonds is 0. The number of H-pyrrole nitrogens is 1. The Hall–Kier alpha value is -2.11. The number of nitrogens with zero attached hydrogens (tertiary/aromatic N) is 2. The van der Waals surface area contributed by atoms with Crippen LogP contribution < -0.4 is 11.5 Å². The second-order valence-corrected chi connectivity index (χ2v) is 2.67. The maximum atomic E-state index is 9.00. The molecule has 14 heavy (non-hydrogen) atoms. The van der Waals surface area contributed by atoms with Crippen molar-refractivity contribution in [1.29, 1.82) is 0 Å². The van der Waals surface area contributed by atoms with Crippen LogP contribution in [0.3, 0.4) is 0 Å². The number of para-hydroxylation sites is 1. The van der Waals surface area contributed by atoms with E-state index in [1.54, 1.807) is 0 Å². The number of urea groups is 1. The monoisotopic (exact) mass is 193 g/mol. The quantitative estimate of drug-likeness (QED) is 0.559. The number of fused-ring (bicyclic) bond motifs is 1. The summed E-state index contributed by atoms with van der Waals surface area (Å²) in [5.41, 5.74) is 11.5. The molecule has 2 rings (SSSR count). The fourth-order valence-corrected chi connectivity index (χ4v) is 1.01. The maximum Gasteiger partial charge on any atom is 0.309 e. The molecule has 2 amide bonds. The summed E-state index contributed by atoms with van der Waals surface area (Å²) in [4.78, 5) is 9.00. The molecule has 5 N–H and O–H groups in total. The number of carbonyl (C=O) groups is 1. The van der Waals surface area contributed by atoms with Crippen LogP contribution in [0.5, 0.6) is 0 Å². The molecule has 0 aliphatic rings. The molecular formula is C8H11N5O. The molecule has 1 heterocycles. The SMILES string of the molecule is Cc1cccc2n[nH]nc12.NC(N)=O. The summed E-state index contributed by atoms with van der Waals surface area (Å²) >= 11 is 0. The van der Waals surface area contributed by atoms with E-state index in [0.717, 1.165) is 16.6 Å². The van der Waals surface area contributed by atoms with Gasteiger partial charge in [-0.2, -0.15) is 15.4 Å². The normalized spacial score (nSPS) is 9.21. The molecule has 1 aromatic heterocycles. The van der Waals surface area contributed by atoms with Crippen molar-refractivity contribution in [2.45, 2.75) is 6.92 Å². The first-order chi connectivity index (χ1) is 6.61. The van der Waals surface area contributed by atoms with Crippen LogP contribution in [0.4, 0.5) is 4.79 Å². The van der Waals surface area contributed by atoms with Gasteiger partial charge in [0.2, 0.25) is 0 Å². The van der Waals surface area contributed by atoms with Gasteiger partial charge in [-0.15, -0.1) is 0 Å². The number of aromatic nitrogens is 3. The Morgan fingerprint density at radius 2 is 2.00 bits per heavy atom. The van der Waals surface area contributed by atoms with Crippen molar-refractivity contribution in [3.63, 3.8) is 0 Å². The lowest BCUT2D eigenvalue weighted by molar-refractivity contribution is 0.256. The minimum atomic E-state index is -0.833. The summed E-state index contributed by atoms with van der Waals surface area (Å²) in [6.45, 7) is 2.02. The van der Waals surface area contributed by atoms with Crippen LogP contribution in [0.2, 0.25) is 0 Å². The van der Waals surface area contributed by atoms with Crippen molar-refractivity contribution in [3.05, 3.63) is 23.8 Å². The van der Waals surface area contributed by atoms with Crippen LogP contribution in [0.25, 0.3) is 11.0 Å². The largest absolute Gasteiger partial charge is 0.352 e. The van der Waals surface area contributed by atoms with E-state index < -0.39 is 6.03 Å². The predicted molar refractivity (Wildman–Crippen MR) is 52.4 cm³/mol. The van der Waals surface area contributed by atoms with E-state index in [9.17, 15) is 0 Å². The molecule has 0 saturated heterocycles. The van der Waals surface area contributed by atoms with Crippen molar-refractivity contribution < 1.29 is 4.79 Å². The molecule has 0 fully saturated rings. The lowest BCUT2D eigenvalue weighted by Gasteiger charge is -1.88. The van der Waals surface area contributed by atoms with Gasteiger partial charge in [0.15, 0.2) is 0 Å². The van der Waals surface area contributed by atoms with Crippen molar-refractivity contribution in [1.82, 2.24) is 15.4 Å². The average molecular weight is 193 g/mol. The molecule has 0 saturated carbocycles. The highest BCUT2D eigenvalue weighted by Gasteiger charge is 1.97. The van der Waals surface area contributed by atoms with Crippen LogP contribution >= 0.6 is 0 Å². The topological polar surface area (TPSA) is 111 Å². The molecule has 2 aromatic rings. The molecule has 6 heteroatoms. The molecule has 1 aromatic carbocycles. The maximum absolute atomic E-state index is 9.00. The summed E-state index contributed by atoms with van der Waals surface area (Å²) in [6, 6.07) is 5.09. The molecule has 0 atom stereocenters. The number of nitrogens with one attached hydrogen (secondary N) is 1. The summed E-state index contributed by atoms with van der Waals surface area (Å²) in [7, 11) is 0. The van der Waals surface area contributed by atoms with E-state index in [2.05, 4.69) is 26.9 Å². The van der Waals surface area contributed by atoms with Crippen molar-refractivity contribution in [2.24, 2.45) is 11.5 Å². The van der Waals surface area contributed by atoms with E-state index >= 15 is 0 Å². The minimum absolute atomic E-state index is 0.833. The number of hydrogen-bond donors (Lipinski definition) is 3. The van der Waals surface area contributed by atoms with Crippen molar-refractivity contribution in [3.8, 4) is 0 Å². The Bertz CT molecular complexity index is 432. The number of amides is 2. The zero-order valence-corrected chi connectivity index (χ0v) is 7.69. The second kappa shape index (κ2) is 4.22. The lowest BCUT2D eigenvalue weighted by Crippen LogP contribution is -2.18. The van der Waals surface area contributed by atoms with Gasteiger partial charge in [-0.3, -0.25) is 0 Å². The highest BCUT2D eigenvalue weighted by molar-refractivity contribution is 5.76. The Morgan fingerprint density at radius 3 is 2.57 bits per heavy atom. The van der Waals surface area contributed by atoms with Gasteiger partial charge in [-0.25, -0.2) is 4.79 Å². The molecule has 0 radical (unpaired) electrons. The van der Waals surface area contributed by atoms with Gasteiger partial charge in [0.25, 0.3) is 0 Å². The number of aromatic amines is 1. The summed E-state index contributed by atoms with van der Waals surface area (Å²) in [5, 5.41) is 10.5. The minimum Gasteiger partial charge on any atom is -0.352 e. The molecule has 0 aliphatic heterocycles. The second-order valence-electron chi connectivity index (χ2n) is 2.67. The van der Waals surface area contributed by atoms with Gasteiger partial charge in [-0.05, 0) is 18.6 Å². The van der Waals surface area contributed by atoms with Crippen LogP contribution in [-0.4, -0.2) is 21.4 Å². The Morgan fingerprint density at radius 1 is 1.36 bits per heavy atom. The summed E-state index contributed by atoms with van der Waals surface area (Å²) < 4.78 is 0. The highest BCUT2D eigenvalue weighted by Crippen LogP contribution is 2.10. The van der Waals surface area contributed by atoms with Gasteiger partial charge in [0.1, 0.15) is 11.0 Å². The third kappa shape index (κ3) is 2.44. The Kier molecular flexibility index (Phi) is 3.01. The Balaban J connectivity index is 0.000000213. The fourth-order valence-electron chi connectivity index (χ4n) is 1.01. The van der Waals surface area contributed by atoms with Gasteiger partial charge < -0.3 is 11.5 Å². The molecule has 0 aliphatic carbocycles. The van der Waals surface area contributed by atoms with E-state index in [0.29, 0.717) is 0 Å². The molecule has 6 nitrogen and oxygen atoms in total. The number of carbonyl (C=O) groups excluding carboxylic acids is 1. The van der Waals surface area contributed by atoms with Crippen LogP contribution in [0.15, 0.2) is 18.2 Å². The van der Waals surface area contributed by atoms with E-state index in [4.69, 9.17) is 4.79 Å². The first kappa shape index (κ1) is 9.97. The standard InChI is InChI=1S/C7H7N3.CH4N2O/c1-5-3-2-4-6-7(5)9-10-8-6;2-1(3)4/h2-4H,1H3,(H,8,9,10);(H4,2,3,4). The zero-order valence-electron chi connectivity index (χ0n) is 7.69. The average Bonchev–Trinajstić information content (AvgIpc) is 2.52. The third-order valence-electron chi connectivity index (χ3n) is 1.55. The number of aryl methyl sites for hydroxylation is 1. The first-order valence-electron chi connectivity index (χ1n) is 3.92. The van der Waals surface area contributed by atoms with Gasteiger partial charge in [0.05, 0.1) is 0 Å². The lowest BCUT2D eigenvalue weighted by atomic mass is 10.2. The molecule has 0 unspecified atom stereocenters. The molecular weight excluding hydrogens is 182 g/mol. The van der Waals surface area contributed by atoms with Crippen LogP contribution in [-0.2, 0) is 0 Å². The van der Waals surface area contributed by atoms with E-state index in [1.807, 2.05) is 25.1 Å². The molecule has 74 valence electrons. The molecule has 0 spiro atoms. The number of nitrogens with two attached hydrogens (primary N) is 2. The van der Waals surface area contributed by atoms with Gasteiger partial charge >= 0.3 is 6.03 Å². The smallest absolute Gasteiger partial charge is 0.309 e. The summed E-state index contributed by atoms with van der Waals surface area (Å²) in [5.74, 6) is 0. The van der Waals surface area contributed by atoms with Crippen molar-refractivity contribution >= 4 is 17.1 Å². The van der Waals surface area contributed by atoms with Crippen molar-refractivity contribution in [2.75, 3.05) is 0 Å².